The lowest BCUT2D eigenvalue weighted by molar-refractivity contribution is -0.00530. The number of hydroxylamine groups is 1. The lowest BCUT2D eigenvalue weighted by atomic mass is 10.1. The molecule has 3 N–H and O–H groups in total. The molecule has 0 aromatic carbocycles. The average Bonchev–Trinajstić information content (AvgIpc) is 1.83. The summed E-state index contributed by atoms with van der Waals surface area (Å²) >= 11 is 0. The molecule has 0 aliphatic carbocycles. The second-order valence-electron chi connectivity index (χ2n) is 2.62. The number of hydrogen-bond acceptors (Lipinski definition) is 3. The van der Waals surface area contributed by atoms with Gasteiger partial charge in [-0.3, -0.25) is 0 Å². The summed E-state index contributed by atoms with van der Waals surface area (Å²) in [4.78, 5) is 0. The summed E-state index contributed by atoms with van der Waals surface area (Å²) in [6, 6.07) is 0. The van der Waals surface area contributed by atoms with Crippen LogP contribution in [0.15, 0.2) is 0 Å². The van der Waals surface area contributed by atoms with E-state index >= 15 is 0 Å². The van der Waals surface area contributed by atoms with Crippen LogP contribution in [0.2, 0.25) is 0 Å². The average molecular weight is 133 g/mol. The predicted molar refractivity (Wildman–Crippen MR) is 35.0 cm³/mol. The number of hydrogen-bond donors (Lipinski definition) is 3. The lowest BCUT2D eigenvalue weighted by Crippen LogP contribution is -2.25. The maximum absolute atomic E-state index is 8.75. The monoisotopic (exact) mass is 133 g/mol. The van der Waals surface area contributed by atoms with Crippen molar-refractivity contribution in [2.45, 2.75) is 32.9 Å². The molecule has 0 aromatic rings. The van der Waals surface area contributed by atoms with Crippen molar-refractivity contribution in [2.75, 3.05) is 0 Å². The Balaban J connectivity index is 3.06. The van der Waals surface area contributed by atoms with Gasteiger partial charge < -0.3 is 10.3 Å². The Bertz CT molecular complexity index is 66.1. The van der Waals surface area contributed by atoms with E-state index in [2.05, 4.69) is 13.8 Å². The van der Waals surface area contributed by atoms with Crippen LogP contribution in [-0.2, 0) is 0 Å². The molecular formula is C6H15NO2. The maximum atomic E-state index is 8.75. The van der Waals surface area contributed by atoms with Crippen molar-refractivity contribution in [3.63, 3.8) is 0 Å². The van der Waals surface area contributed by atoms with E-state index in [0.29, 0.717) is 12.3 Å². The molecule has 0 saturated heterocycles. The lowest BCUT2D eigenvalue weighted by Gasteiger charge is -2.08. The van der Waals surface area contributed by atoms with E-state index in [0.717, 1.165) is 6.42 Å². The largest absolute Gasteiger partial charge is 0.377 e. The van der Waals surface area contributed by atoms with Gasteiger partial charge in [-0.1, -0.05) is 13.8 Å². The fraction of sp³-hybridized carbons (Fsp3) is 1.00. The van der Waals surface area contributed by atoms with Crippen LogP contribution in [0.5, 0.6) is 0 Å². The zero-order valence-electron chi connectivity index (χ0n) is 5.96. The minimum absolute atomic E-state index is 0.577. The first-order valence-electron chi connectivity index (χ1n) is 3.24. The Kier molecular flexibility index (Phi) is 4.67. The molecule has 0 rings (SSSR count). The molecule has 1 unspecified atom stereocenters. The minimum atomic E-state index is -0.757. The number of aliphatic hydroxyl groups excluding tert-OH is 1. The first-order valence-corrected chi connectivity index (χ1v) is 3.24. The van der Waals surface area contributed by atoms with Gasteiger partial charge in [-0.05, 0) is 18.8 Å². The summed E-state index contributed by atoms with van der Waals surface area (Å²) in [6.45, 7) is 4.15. The first kappa shape index (κ1) is 8.88. The molecular weight excluding hydrogens is 118 g/mol. The van der Waals surface area contributed by atoms with Crippen molar-refractivity contribution in [1.82, 2.24) is 5.48 Å². The van der Waals surface area contributed by atoms with Crippen molar-refractivity contribution in [3.05, 3.63) is 0 Å². The third kappa shape index (κ3) is 5.76. The molecule has 0 bridgehead atoms. The highest BCUT2D eigenvalue weighted by atomic mass is 16.5. The van der Waals surface area contributed by atoms with Crippen molar-refractivity contribution >= 4 is 0 Å². The molecule has 0 aliphatic heterocycles. The maximum Gasteiger partial charge on any atom is 0.126 e. The van der Waals surface area contributed by atoms with Gasteiger partial charge in [-0.15, -0.1) is 0 Å². The van der Waals surface area contributed by atoms with Crippen LogP contribution in [0.3, 0.4) is 0 Å². The predicted octanol–water partition coefficient (Wildman–Crippen LogP) is 0.720. The normalized spacial score (nSPS) is 14.3. The highest BCUT2D eigenvalue weighted by Crippen LogP contribution is 2.04. The minimum Gasteiger partial charge on any atom is -0.377 e. The van der Waals surface area contributed by atoms with E-state index in [-0.39, 0.29) is 0 Å². The molecule has 0 aromatic heterocycles. The third-order valence-electron chi connectivity index (χ3n) is 1.17. The summed E-state index contributed by atoms with van der Waals surface area (Å²) in [5, 5.41) is 16.9. The van der Waals surface area contributed by atoms with Gasteiger partial charge in [0.2, 0.25) is 0 Å². The molecule has 0 heterocycles. The van der Waals surface area contributed by atoms with Gasteiger partial charge >= 0.3 is 0 Å². The SMILES string of the molecule is CC(C)CCC(O)NO. The van der Waals surface area contributed by atoms with Crippen molar-refractivity contribution in [1.29, 1.82) is 0 Å². The van der Waals surface area contributed by atoms with Gasteiger partial charge in [-0.2, -0.15) is 5.48 Å². The van der Waals surface area contributed by atoms with Gasteiger partial charge in [0.1, 0.15) is 6.23 Å². The summed E-state index contributed by atoms with van der Waals surface area (Å²) < 4.78 is 0. The summed E-state index contributed by atoms with van der Waals surface area (Å²) in [7, 11) is 0. The highest BCUT2D eigenvalue weighted by molar-refractivity contribution is 4.49. The van der Waals surface area contributed by atoms with Crippen LogP contribution in [0.4, 0.5) is 0 Å². The molecule has 9 heavy (non-hydrogen) atoms. The van der Waals surface area contributed by atoms with Crippen LogP contribution in [0.1, 0.15) is 26.7 Å². The van der Waals surface area contributed by atoms with Gasteiger partial charge in [-0.25, -0.2) is 0 Å². The zero-order chi connectivity index (χ0) is 7.28. The molecule has 1 atom stereocenters. The van der Waals surface area contributed by atoms with Crippen LogP contribution >= 0.6 is 0 Å². The van der Waals surface area contributed by atoms with Gasteiger partial charge in [0.25, 0.3) is 0 Å². The topological polar surface area (TPSA) is 52.5 Å². The van der Waals surface area contributed by atoms with E-state index in [1.165, 1.54) is 0 Å². The zero-order valence-corrected chi connectivity index (χ0v) is 5.96. The smallest absolute Gasteiger partial charge is 0.126 e. The molecule has 0 fully saturated rings. The van der Waals surface area contributed by atoms with E-state index in [1.54, 1.807) is 5.48 Å². The van der Waals surface area contributed by atoms with Gasteiger partial charge in [0.15, 0.2) is 0 Å². The second-order valence-corrected chi connectivity index (χ2v) is 2.62. The highest BCUT2D eigenvalue weighted by Gasteiger charge is 2.01. The molecule has 3 nitrogen and oxygen atoms in total. The summed E-state index contributed by atoms with van der Waals surface area (Å²) in [5.41, 5.74) is 1.78. The van der Waals surface area contributed by atoms with Gasteiger partial charge in [0.05, 0.1) is 0 Å². The molecule has 0 aliphatic rings. The Morgan fingerprint density at radius 2 is 1.89 bits per heavy atom. The Morgan fingerprint density at radius 1 is 1.33 bits per heavy atom. The van der Waals surface area contributed by atoms with Crippen LogP contribution in [-0.4, -0.2) is 16.5 Å². The summed E-state index contributed by atoms with van der Waals surface area (Å²) in [6.07, 6.45) is 0.774. The van der Waals surface area contributed by atoms with Crippen molar-refractivity contribution in [2.24, 2.45) is 5.92 Å². The number of nitrogens with one attached hydrogen (secondary N) is 1. The van der Waals surface area contributed by atoms with Crippen molar-refractivity contribution in [3.8, 4) is 0 Å². The van der Waals surface area contributed by atoms with E-state index in [9.17, 15) is 0 Å². The number of rotatable bonds is 4. The van der Waals surface area contributed by atoms with Crippen molar-refractivity contribution < 1.29 is 10.3 Å². The molecule has 0 radical (unpaired) electrons. The van der Waals surface area contributed by atoms with Crippen LogP contribution in [0, 0.1) is 5.92 Å². The molecule has 56 valence electrons. The fourth-order valence-corrected chi connectivity index (χ4v) is 0.556. The molecule has 0 spiro atoms. The Morgan fingerprint density at radius 3 is 2.22 bits per heavy atom. The first-order chi connectivity index (χ1) is 4.16. The van der Waals surface area contributed by atoms with Gasteiger partial charge in [0, 0.05) is 0 Å². The fourth-order valence-electron chi connectivity index (χ4n) is 0.556. The molecule has 0 amide bonds. The Labute approximate surface area is 55.7 Å². The Hall–Kier alpha value is -0.120. The van der Waals surface area contributed by atoms with E-state index in [1.807, 2.05) is 0 Å². The number of aliphatic hydroxyl groups is 1. The van der Waals surface area contributed by atoms with E-state index in [4.69, 9.17) is 10.3 Å². The third-order valence-corrected chi connectivity index (χ3v) is 1.17. The molecule has 0 saturated carbocycles. The molecule has 3 heteroatoms. The van der Waals surface area contributed by atoms with Crippen LogP contribution in [0.25, 0.3) is 0 Å². The standard InChI is InChI=1S/C6H15NO2/c1-5(2)3-4-6(8)7-9/h5-9H,3-4H2,1-2H3. The van der Waals surface area contributed by atoms with E-state index < -0.39 is 6.23 Å². The van der Waals surface area contributed by atoms with Crippen LogP contribution < -0.4 is 5.48 Å². The second kappa shape index (κ2) is 4.73. The quantitative estimate of drug-likeness (QED) is 0.391. The summed E-state index contributed by atoms with van der Waals surface area (Å²) in [5.74, 6) is 0.577.